The van der Waals surface area contributed by atoms with Crippen LogP contribution in [0, 0.1) is 0 Å². The van der Waals surface area contributed by atoms with E-state index in [0.717, 1.165) is 5.56 Å². The average Bonchev–Trinajstić information content (AvgIpc) is 2.62. The number of rotatable bonds is 9. The van der Waals surface area contributed by atoms with Crippen LogP contribution >= 0.6 is 7.95 Å². The van der Waals surface area contributed by atoms with Crippen molar-refractivity contribution in [3.05, 3.63) is 65.7 Å². The Morgan fingerprint density at radius 2 is 1.77 bits per heavy atom. The fourth-order valence-corrected chi connectivity index (χ4v) is 3.17. The molecule has 8 heteroatoms. The van der Waals surface area contributed by atoms with Gasteiger partial charge in [0.1, 0.15) is 6.04 Å². The number of hydrogen-bond donors (Lipinski definition) is 3. The molecule has 0 aliphatic carbocycles. The van der Waals surface area contributed by atoms with Gasteiger partial charge in [-0.25, -0.2) is 4.79 Å². The van der Waals surface area contributed by atoms with Crippen LogP contribution in [-0.2, 0) is 20.5 Å². The fourth-order valence-electron chi connectivity index (χ4n) is 2.30. The molecule has 2 aromatic carbocycles. The quantitative estimate of drug-likeness (QED) is 0.582. The van der Waals surface area contributed by atoms with Gasteiger partial charge in [0.25, 0.3) is 6.35 Å². The van der Waals surface area contributed by atoms with Gasteiger partial charge >= 0.3 is 13.9 Å². The Kier molecular flexibility index (Phi) is 7.41. The van der Waals surface area contributed by atoms with Crippen LogP contribution in [0.5, 0.6) is 0 Å². The zero-order chi connectivity index (χ0) is 18.9. The van der Waals surface area contributed by atoms with Crippen molar-refractivity contribution in [1.82, 2.24) is 5.09 Å². The minimum Gasteiger partial charge on any atom is -0.478 e. The van der Waals surface area contributed by atoms with E-state index in [9.17, 15) is 14.2 Å². The standard InChI is InChI=1S/C18H19N2O5P/c1-25-12-26(24)20-16(11-13-5-3-2-4-6-13)17(21)19-15-9-7-14(8-10-15)18(22)23/h2-10,16H,11-12H2,1H3,(H2-,19,20,21,22,23,24)/p+1/t16-/m0/s1. The molecule has 0 aliphatic heterocycles. The maximum Gasteiger partial charge on any atom is 0.461 e. The molecule has 7 nitrogen and oxygen atoms in total. The van der Waals surface area contributed by atoms with E-state index in [4.69, 9.17) is 9.84 Å². The molecule has 2 rings (SSSR count). The SMILES string of the molecule is COC[P+](=O)N[C@@H](Cc1ccccc1)C(=O)Nc1ccc(C(=O)O)cc1. The lowest BCUT2D eigenvalue weighted by Crippen LogP contribution is -2.39. The lowest BCUT2D eigenvalue weighted by atomic mass is 10.1. The highest BCUT2D eigenvalue weighted by molar-refractivity contribution is 7.42. The Labute approximate surface area is 152 Å². The number of methoxy groups -OCH3 is 1. The largest absolute Gasteiger partial charge is 0.478 e. The molecule has 2 atom stereocenters. The van der Waals surface area contributed by atoms with Crippen LogP contribution in [0.3, 0.4) is 0 Å². The van der Waals surface area contributed by atoms with Gasteiger partial charge in [-0.2, -0.15) is 0 Å². The summed E-state index contributed by atoms with van der Waals surface area (Å²) >= 11 is 0. The first-order valence-electron chi connectivity index (χ1n) is 7.87. The van der Waals surface area contributed by atoms with Crippen molar-refractivity contribution in [3.63, 3.8) is 0 Å². The number of carboxylic acid groups (broad SMARTS) is 1. The van der Waals surface area contributed by atoms with Gasteiger partial charge in [0.15, 0.2) is 0 Å². The van der Waals surface area contributed by atoms with Crippen molar-refractivity contribution in [2.45, 2.75) is 12.5 Å². The second kappa shape index (κ2) is 9.77. The van der Waals surface area contributed by atoms with Gasteiger partial charge < -0.3 is 15.2 Å². The summed E-state index contributed by atoms with van der Waals surface area (Å²) in [6.07, 6.45) is 0.353. The molecular formula is C18H20N2O5P+. The normalized spacial score (nSPS) is 12.3. The molecule has 0 heterocycles. The first-order chi connectivity index (χ1) is 12.5. The second-order valence-corrected chi connectivity index (χ2v) is 6.81. The number of hydrogen-bond acceptors (Lipinski definition) is 4. The molecule has 0 saturated heterocycles. The number of anilines is 1. The van der Waals surface area contributed by atoms with Crippen molar-refractivity contribution in [2.75, 3.05) is 18.8 Å². The van der Waals surface area contributed by atoms with Gasteiger partial charge in [-0.15, -0.1) is 0 Å². The van der Waals surface area contributed by atoms with E-state index in [-0.39, 0.29) is 17.8 Å². The minimum atomic E-state index is -1.90. The van der Waals surface area contributed by atoms with Crippen LogP contribution in [0.25, 0.3) is 0 Å². The third-order valence-electron chi connectivity index (χ3n) is 3.54. The molecule has 26 heavy (non-hydrogen) atoms. The van der Waals surface area contributed by atoms with E-state index in [1.165, 1.54) is 31.4 Å². The summed E-state index contributed by atoms with van der Waals surface area (Å²) in [6, 6.07) is 14.5. The summed E-state index contributed by atoms with van der Waals surface area (Å²) in [5, 5.41) is 14.4. The summed E-state index contributed by atoms with van der Waals surface area (Å²) in [5.74, 6) is -1.40. The van der Waals surface area contributed by atoms with Gasteiger partial charge in [-0.05, 0) is 34.4 Å². The molecule has 3 N–H and O–H groups in total. The third kappa shape index (κ3) is 6.04. The highest BCUT2D eigenvalue weighted by Crippen LogP contribution is 2.18. The van der Waals surface area contributed by atoms with Gasteiger partial charge in [-0.3, -0.25) is 4.79 Å². The zero-order valence-electron chi connectivity index (χ0n) is 14.2. The lowest BCUT2D eigenvalue weighted by Gasteiger charge is -2.14. The molecule has 2 aromatic rings. The first kappa shape index (κ1) is 19.7. The van der Waals surface area contributed by atoms with Crippen molar-refractivity contribution in [3.8, 4) is 0 Å². The average molecular weight is 375 g/mol. The lowest BCUT2D eigenvalue weighted by molar-refractivity contribution is -0.117. The molecule has 0 radical (unpaired) electrons. The number of ether oxygens (including phenoxy) is 1. The Bertz CT molecular complexity index is 765. The molecule has 136 valence electrons. The van der Waals surface area contributed by atoms with Crippen LogP contribution in [-0.4, -0.2) is 36.5 Å². The smallest absolute Gasteiger partial charge is 0.461 e. The Balaban J connectivity index is 2.10. The predicted molar refractivity (Wildman–Crippen MR) is 98.6 cm³/mol. The zero-order valence-corrected chi connectivity index (χ0v) is 15.1. The van der Waals surface area contributed by atoms with Crippen molar-refractivity contribution in [2.24, 2.45) is 0 Å². The number of aromatic carboxylic acids is 1. The van der Waals surface area contributed by atoms with Gasteiger partial charge in [0, 0.05) is 19.2 Å². The number of benzene rings is 2. The Morgan fingerprint density at radius 3 is 2.35 bits per heavy atom. The number of nitrogens with one attached hydrogen (secondary N) is 2. The second-order valence-electron chi connectivity index (χ2n) is 5.54. The summed E-state index contributed by atoms with van der Waals surface area (Å²) in [5.41, 5.74) is 1.51. The summed E-state index contributed by atoms with van der Waals surface area (Å²) in [6.45, 7) is 0. The van der Waals surface area contributed by atoms with E-state index in [2.05, 4.69) is 10.4 Å². The number of carbonyl (C=O) groups excluding carboxylic acids is 1. The molecule has 0 spiro atoms. The monoisotopic (exact) mass is 375 g/mol. The van der Waals surface area contributed by atoms with Gasteiger partial charge in [0.05, 0.1) is 5.56 Å². The Hall–Kier alpha value is -2.60. The van der Waals surface area contributed by atoms with Crippen molar-refractivity contribution < 1.29 is 24.0 Å². The van der Waals surface area contributed by atoms with Crippen LogP contribution in [0.1, 0.15) is 15.9 Å². The number of amides is 1. The molecule has 0 aliphatic rings. The summed E-state index contributed by atoms with van der Waals surface area (Å²) < 4.78 is 16.8. The summed E-state index contributed by atoms with van der Waals surface area (Å²) in [7, 11) is -0.462. The fraction of sp³-hybridized carbons (Fsp3) is 0.222. The van der Waals surface area contributed by atoms with Crippen LogP contribution in [0.4, 0.5) is 5.69 Å². The van der Waals surface area contributed by atoms with E-state index < -0.39 is 20.0 Å². The van der Waals surface area contributed by atoms with Crippen LogP contribution < -0.4 is 10.4 Å². The third-order valence-corrected chi connectivity index (χ3v) is 4.64. The van der Waals surface area contributed by atoms with Crippen LogP contribution in [0.2, 0.25) is 0 Å². The van der Waals surface area contributed by atoms with E-state index in [1.54, 1.807) is 0 Å². The van der Waals surface area contributed by atoms with E-state index in [0.29, 0.717) is 12.1 Å². The highest BCUT2D eigenvalue weighted by Gasteiger charge is 2.28. The maximum atomic E-state index is 12.6. The molecule has 0 bridgehead atoms. The maximum absolute atomic E-state index is 12.6. The number of carbonyl (C=O) groups is 2. The molecule has 1 unspecified atom stereocenters. The minimum absolute atomic E-state index is 0.00120. The predicted octanol–water partition coefficient (Wildman–Crippen LogP) is 2.87. The van der Waals surface area contributed by atoms with Gasteiger partial charge in [-0.1, -0.05) is 35.4 Å². The highest BCUT2D eigenvalue weighted by atomic mass is 31.1. The molecule has 0 fully saturated rings. The van der Waals surface area contributed by atoms with E-state index in [1.807, 2.05) is 30.3 Å². The topological polar surface area (TPSA) is 105 Å². The van der Waals surface area contributed by atoms with Crippen molar-refractivity contribution >= 4 is 25.5 Å². The van der Waals surface area contributed by atoms with Crippen molar-refractivity contribution in [1.29, 1.82) is 0 Å². The van der Waals surface area contributed by atoms with Gasteiger partial charge in [0.2, 0.25) is 5.91 Å². The molecule has 0 aromatic heterocycles. The molecular weight excluding hydrogens is 355 g/mol. The molecule has 0 saturated carbocycles. The van der Waals surface area contributed by atoms with E-state index >= 15 is 0 Å². The number of carboxylic acids is 1. The first-order valence-corrected chi connectivity index (χ1v) is 9.32. The molecule has 1 amide bonds. The van der Waals surface area contributed by atoms with Crippen LogP contribution in [0.15, 0.2) is 54.6 Å². The Morgan fingerprint density at radius 1 is 1.12 bits per heavy atom. The summed E-state index contributed by atoms with van der Waals surface area (Å²) in [4.78, 5) is 23.5.